The first kappa shape index (κ1) is 15.0. The lowest BCUT2D eigenvalue weighted by molar-refractivity contribution is -0.0901. The molecule has 0 atom stereocenters. The molecule has 2 aliphatic rings. The van der Waals surface area contributed by atoms with Crippen molar-refractivity contribution in [3.8, 4) is 17.0 Å². The molecule has 1 amide bonds. The van der Waals surface area contributed by atoms with Crippen LogP contribution in [0, 0.1) is 5.82 Å². The Balaban J connectivity index is 1.65. The fourth-order valence-corrected chi connectivity index (χ4v) is 3.06. The normalized spacial score (nSPS) is 18.6. The van der Waals surface area contributed by atoms with E-state index in [1.54, 1.807) is 17.1 Å². The summed E-state index contributed by atoms with van der Waals surface area (Å²) in [6.45, 7) is 0.804. The van der Waals surface area contributed by atoms with Gasteiger partial charge in [-0.3, -0.25) is 4.79 Å². The number of benzene rings is 1. The van der Waals surface area contributed by atoms with Gasteiger partial charge in [-0.05, 0) is 12.1 Å². The van der Waals surface area contributed by atoms with Crippen LogP contribution in [0.4, 0.5) is 13.2 Å². The Morgan fingerprint density at radius 1 is 1.38 bits per heavy atom. The number of amides is 1. The first-order chi connectivity index (χ1) is 11.4. The number of carbonyl (C=O) groups is 1. The highest BCUT2D eigenvalue weighted by molar-refractivity contribution is 5.96. The third-order valence-corrected chi connectivity index (χ3v) is 4.30. The number of nitrogens with one attached hydrogen (secondary N) is 1. The average Bonchev–Trinajstić information content (AvgIpc) is 2.88. The lowest BCUT2D eigenvalue weighted by Gasteiger charge is -2.35. The zero-order chi connectivity index (χ0) is 16.9. The monoisotopic (exact) mass is 337 g/mol. The van der Waals surface area contributed by atoms with Gasteiger partial charge in [-0.2, -0.15) is 0 Å². The Morgan fingerprint density at radius 3 is 2.92 bits per heavy atom. The van der Waals surface area contributed by atoms with Gasteiger partial charge >= 0.3 is 0 Å². The van der Waals surface area contributed by atoms with Crippen molar-refractivity contribution in [2.24, 2.45) is 0 Å². The van der Waals surface area contributed by atoms with Crippen LogP contribution in [0.5, 0.6) is 5.75 Å². The van der Waals surface area contributed by atoms with Crippen molar-refractivity contribution in [3.05, 3.63) is 36.0 Å². The molecule has 0 bridgehead atoms. The zero-order valence-electron chi connectivity index (χ0n) is 12.6. The van der Waals surface area contributed by atoms with Gasteiger partial charge in [-0.25, -0.2) is 18.2 Å². The topological polar surface area (TPSA) is 56.2 Å². The number of carbonyl (C=O) groups excluding carboxylic acids is 1. The number of alkyl halides is 2. The van der Waals surface area contributed by atoms with E-state index in [0.717, 1.165) is 6.07 Å². The van der Waals surface area contributed by atoms with E-state index in [2.05, 4.69) is 10.3 Å². The summed E-state index contributed by atoms with van der Waals surface area (Å²) in [6.07, 6.45) is 2.40. The Kier molecular flexibility index (Phi) is 3.29. The Bertz CT molecular complexity index is 811. The third-order valence-electron chi connectivity index (χ3n) is 4.30. The van der Waals surface area contributed by atoms with E-state index in [9.17, 15) is 18.0 Å². The smallest absolute Gasteiger partial charge is 0.252 e. The summed E-state index contributed by atoms with van der Waals surface area (Å²) in [6, 6.07) is 1.98. The van der Waals surface area contributed by atoms with E-state index in [1.165, 1.54) is 6.07 Å². The average molecular weight is 337 g/mol. The zero-order valence-corrected chi connectivity index (χ0v) is 12.6. The summed E-state index contributed by atoms with van der Waals surface area (Å²) in [7, 11) is 0. The van der Waals surface area contributed by atoms with Gasteiger partial charge in [0, 0.05) is 30.0 Å². The van der Waals surface area contributed by atoms with E-state index in [-0.39, 0.29) is 30.8 Å². The second-order valence-corrected chi connectivity index (χ2v) is 6.09. The fourth-order valence-electron chi connectivity index (χ4n) is 3.06. The van der Waals surface area contributed by atoms with E-state index < -0.39 is 23.7 Å². The minimum atomic E-state index is -2.72. The minimum Gasteiger partial charge on any atom is -0.488 e. The molecule has 24 heavy (non-hydrogen) atoms. The van der Waals surface area contributed by atoms with Gasteiger partial charge in [-0.15, -0.1) is 0 Å². The van der Waals surface area contributed by atoms with Crippen LogP contribution in [0.15, 0.2) is 24.7 Å². The largest absolute Gasteiger partial charge is 0.488 e. The molecule has 1 aromatic carbocycles. The van der Waals surface area contributed by atoms with Gasteiger partial charge in [0.15, 0.2) is 11.6 Å². The van der Waals surface area contributed by atoms with Crippen molar-refractivity contribution >= 4 is 5.91 Å². The molecule has 1 fully saturated rings. The first-order valence-corrected chi connectivity index (χ1v) is 7.58. The van der Waals surface area contributed by atoms with Crippen LogP contribution in [0.1, 0.15) is 23.2 Å². The van der Waals surface area contributed by atoms with Gasteiger partial charge in [-0.1, -0.05) is 0 Å². The van der Waals surface area contributed by atoms with E-state index in [1.807, 2.05) is 0 Å². The fraction of sp³-hybridized carbons (Fsp3) is 0.375. The molecule has 2 aromatic rings. The molecule has 1 aliphatic carbocycles. The molecule has 0 radical (unpaired) electrons. The van der Waals surface area contributed by atoms with Crippen LogP contribution in [0.3, 0.4) is 0 Å². The molecule has 4 rings (SSSR count). The van der Waals surface area contributed by atoms with Gasteiger partial charge in [0.05, 0.1) is 24.8 Å². The minimum absolute atomic E-state index is 0.0692. The van der Waals surface area contributed by atoms with Crippen molar-refractivity contribution in [2.75, 3.05) is 6.61 Å². The molecule has 1 aliphatic heterocycles. The predicted molar refractivity (Wildman–Crippen MR) is 78.6 cm³/mol. The maximum Gasteiger partial charge on any atom is 0.252 e. The molecule has 0 spiro atoms. The highest BCUT2D eigenvalue weighted by atomic mass is 19.3. The van der Waals surface area contributed by atoms with E-state index in [4.69, 9.17) is 4.74 Å². The van der Waals surface area contributed by atoms with Crippen molar-refractivity contribution in [2.45, 2.75) is 31.4 Å². The summed E-state index contributed by atoms with van der Waals surface area (Å²) in [5, 5.41) is 2.51. The molecule has 5 nitrogen and oxygen atoms in total. The standard InChI is InChI=1S/C16H14F3N3O2/c17-12-4-9(15(23)21-10-5-16(18,19)6-10)3-11-13-7-20-8-22(13)1-2-24-14(11)12/h3-4,7-8,10H,1-2,5-6H2,(H,21,23). The van der Waals surface area contributed by atoms with Crippen LogP contribution in [-0.2, 0) is 6.54 Å². The molecular weight excluding hydrogens is 323 g/mol. The number of rotatable bonds is 2. The van der Waals surface area contributed by atoms with Crippen molar-refractivity contribution in [3.63, 3.8) is 0 Å². The first-order valence-electron chi connectivity index (χ1n) is 7.58. The number of ether oxygens (including phenoxy) is 1. The molecule has 0 saturated heterocycles. The molecule has 1 aromatic heterocycles. The third kappa shape index (κ3) is 2.51. The Hall–Kier alpha value is -2.51. The number of aromatic nitrogens is 2. The Morgan fingerprint density at radius 2 is 2.17 bits per heavy atom. The molecule has 1 N–H and O–H groups in total. The second-order valence-electron chi connectivity index (χ2n) is 6.09. The van der Waals surface area contributed by atoms with Gasteiger partial charge in [0.25, 0.3) is 11.8 Å². The van der Waals surface area contributed by atoms with E-state index in [0.29, 0.717) is 17.8 Å². The van der Waals surface area contributed by atoms with Gasteiger partial charge in [0.1, 0.15) is 6.61 Å². The van der Waals surface area contributed by atoms with Crippen LogP contribution in [0.2, 0.25) is 0 Å². The number of hydrogen-bond acceptors (Lipinski definition) is 3. The maximum atomic E-state index is 14.4. The maximum absolute atomic E-state index is 14.4. The van der Waals surface area contributed by atoms with E-state index >= 15 is 0 Å². The predicted octanol–water partition coefficient (Wildman–Crippen LogP) is 2.61. The van der Waals surface area contributed by atoms with Crippen LogP contribution < -0.4 is 10.1 Å². The summed E-state index contributed by atoms with van der Waals surface area (Å²) < 4.78 is 47.4. The number of imidazole rings is 1. The lowest BCUT2D eigenvalue weighted by Crippen LogP contribution is -2.50. The number of halogens is 3. The number of hydrogen-bond donors (Lipinski definition) is 1. The molecule has 8 heteroatoms. The SMILES string of the molecule is O=C(NC1CC(F)(F)C1)c1cc(F)c2c(c1)-c1cncn1CCO2. The van der Waals surface area contributed by atoms with Crippen molar-refractivity contribution in [1.82, 2.24) is 14.9 Å². The summed E-state index contributed by atoms with van der Waals surface area (Å²) >= 11 is 0. The quantitative estimate of drug-likeness (QED) is 0.916. The summed E-state index contributed by atoms with van der Waals surface area (Å²) in [5.74, 6) is -3.89. The van der Waals surface area contributed by atoms with Crippen LogP contribution in [0.25, 0.3) is 11.3 Å². The number of nitrogens with zero attached hydrogens (tertiary/aromatic N) is 2. The second kappa shape index (κ2) is 5.25. The van der Waals surface area contributed by atoms with Gasteiger partial charge in [0.2, 0.25) is 0 Å². The number of fused-ring (bicyclic) bond motifs is 3. The van der Waals surface area contributed by atoms with Crippen molar-refractivity contribution in [1.29, 1.82) is 0 Å². The lowest BCUT2D eigenvalue weighted by atomic mass is 9.88. The highest BCUT2D eigenvalue weighted by Crippen LogP contribution is 2.38. The van der Waals surface area contributed by atoms with Crippen LogP contribution in [-0.4, -0.2) is 34.0 Å². The van der Waals surface area contributed by atoms with Crippen LogP contribution >= 0.6 is 0 Å². The summed E-state index contributed by atoms with van der Waals surface area (Å²) in [4.78, 5) is 16.3. The molecular formula is C16H14F3N3O2. The molecule has 126 valence electrons. The van der Waals surface area contributed by atoms with Crippen molar-refractivity contribution < 1.29 is 22.7 Å². The summed E-state index contributed by atoms with van der Waals surface area (Å²) in [5.41, 5.74) is 1.14. The Labute approximate surface area is 135 Å². The molecule has 1 saturated carbocycles. The molecule has 0 unspecified atom stereocenters. The molecule has 2 heterocycles. The van der Waals surface area contributed by atoms with Gasteiger partial charge < -0.3 is 14.6 Å². The highest BCUT2D eigenvalue weighted by Gasteiger charge is 2.46.